The summed E-state index contributed by atoms with van der Waals surface area (Å²) in [5.74, 6) is -0.868. The van der Waals surface area contributed by atoms with Gasteiger partial charge in [-0.05, 0) is 19.4 Å². The van der Waals surface area contributed by atoms with E-state index < -0.39 is 24.0 Å². The van der Waals surface area contributed by atoms with E-state index in [1.807, 2.05) is 6.07 Å². The molecule has 5 nitrogen and oxygen atoms in total. The molecule has 0 fully saturated rings. The number of amides is 1. The van der Waals surface area contributed by atoms with Crippen molar-refractivity contribution in [3.63, 3.8) is 0 Å². The normalized spacial score (nSPS) is 13.5. The molecular weight excluding hydrogens is 232 g/mol. The number of ether oxygens (including phenoxy) is 1. The van der Waals surface area contributed by atoms with Crippen LogP contribution >= 0.6 is 0 Å². The summed E-state index contributed by atoms with van der Waals surface area (Å²) in [4.78, 5) is 23.2. The first-order valence-corrected chi connectivity index (χ1v) is 5.83. The molecule has 1 amide bonds. The fourth-order valence-corrected chi connectivity index (χ4v) is 1.44. The summed E-state index contributed by atoms with van der Waals surface area (Å²) in [6, 6.07) is 7.48. The van der Waals surface area contributed by atoms with E-state index in [1.165, 1.54) is 0 Å². The lowest BCUT2D eigenvalue weighted by atomic mass is 10.1. The van der Waals surface area contributed by atoms with Gasteiger partial charge in [-0.15, -0.1) is 0 Å². The molecule has 0 radical (unpaired) electrons. The Bertz CT molecular complexity index is 406. The number of hydrogen-bond acceptors (Lipinski definition) is 4. The molecule has 0 spiro atoms. The van der Waals surface area contributed by atoms with Crippen LogP contribution in [-0.4, -0.2) is 24.5 Å². The summed E-state index contributed by atoms with van der Waals surface area (Å²) in [6.45, 7) is 3.56. The third-order valence-electron chi connectivity index (χ3n) is 2.44. The fraction of sp³-hybridized carbons (Fsp3) is 0.385. The number of carbonyl (C=O) groups excluding carboxylic acids is 2. The number of rotatable bonds is 5. The molecule has 1 aromatic carbocycles. The van der Waals surface area contributed by atoms with Gasteiger partial charge < -0.3 is 15.8 Å². The lowest BCUT2D eigenvalue weighted by Crippen LogP contribution is -2.43. The smallest absolute Gasteiger partial charge is 0.328 e. The van der Waals surface area contributed by atoms with E-state index >= 15 is 0 Å². The van der Waals surface area contributed by atoms with Crippen LogP contribution < -0.4 is 11.1 Å². The molecule has 98 valence electrons. The van der Waals surface area contributed by atoms with Gasteiger partial charge in [0.25, 0.3) is 0 Å². The molecule has 0 saturated heterocycles. The number of carbonyl (C=O) groups is 2. The predicted molar refractivity (Wildman–Crippen MR) is 67.6 cm³/mol. The lowest BCUT2D eigenvalue weighted by molar-refractivity contribution is -0.147. The number of nitrogens with two attached hydrogens (primary N) is 1. The maximum atomic E-state index is 11.8. The molecule has 0 aliphatic rings. The van der Waals surface area contributed by atoms with E-state index in [2.05, 4.69) is 5.32 Å². The zero-order chi connectivity index (χ0) is 13.5. The van der Waals surface area contributed by atoms with Crippen molar-refractivity contribution in [1.82, 2.24) is 5.32 Å². The van der Waals surface area contributed by atoms with E-state index in [-0.39, 0.29) is 6.61 Å². The summed E-state index contributed by atoms with van der Waals surface area (Å²) in [7, 11) is 0. The molecule has 0 aliphatic carbocycles. The van der Waals surface area contributed by atoms with E-state index in [0.29, 0.717) is 5.56 Å². The summed E-state index contributed by atoms with van der Waals surface area (Å²) in [6.07, 6.45) is 0. The van der Waals surface area contributed by atoms with Gasteiger partial charge in [0.2, 0.25) is 5.91 Å². The molecule has 1 rings (SSSR count). The Morgan fingerprint density at radius 3 is 2.50 bits per heavy atom. The Hall–Kier alpha value is -1.88. The van der Waals surface area contributed by atoms with Gasteiger partial charge in [-0.2, -0.15) is 0 Å². The van der Waals surface area contributed by atoms with E-state index in [0.717, 1.165) is 0 Å². The van der Waals surface area contributed by atoms with Crippen molar-refractivity contribution in [3.05, 3.63) is 35.9 Å². The number of esters is 1. The van der Waals surface area contributed by atoms with Crippen LogP contribution in [-0.2, 0) is 14.3 Å². The van der Waals surface area contributed by atoms with Gasteiger partial charge in [0.05, 0.1) is 6.61 Å². The van der Waals surface area contributed by atoms with E-state index in [9.17, 15) is 9.59 Å². The van der Waals surface area contributed by atoms with Crippen LogP contribution in [0, 0.1) is 0 Å². The summed E-state index contributed by atoms with van der Waals surface area (Å²) in [5, 5.41) is 2.52. The van der Waals surface area contributed by atoms with Crippen molar-refractivity contribution < 1.29 is 14.3 Å². The van der Waals surface area contributed by atoms with Crippen LogP contribution in [0.25, 0.3) is 0 Å². The molecule has 0 heterocycles. The van der Waals surface area contributed by atoms with Crippen LogP contribution in [0.1, 0.15) is 25.5 Å². The number of nitrogens with one attached hydrogen (secondary N) is 1. The second-order valence-electron chi connectivity index (χ2n) is 3.87. The highest BCUT2D eigenvalue weighted by Gasteiger charge is 2.21. The minimum Gasteiger partial charge on any atom is -0.464 e. The Labute approximate surface area is 106 Å². The van der Waals surface area contributed by atoms with Gasteiger partial charge in [-0.3, -0.25) is 4.79 Å². The molecular formula is C13H18N2O3. The molecule has 1 unspecified atom stereocenters. The highest BCUT2D eigenvalue weighted by atomic mass is 16.5. The fourth-order valence-electron chi connectivity index (χ4n) is 1.44. The van der Waals surface area contributed by atoms with Gasteiger partial charge in [-0.25, -0.2) is 4.79 Å². The molecule has 0 aliphatic heterocycles. The van der Waals surface area contributed by atoms with Gasteiger partial charge in [0, 0.05) is 0 Å². The van der Waals surface area contributed by atoms with Crippen molar-refractivity contribution in [3.8, 4) is 0 Å². The first kappa shape index (κ1) is 14.2. The van der Waals surface area contributed by atoms with Gasteiger partial charge >= 0.3 is 5.97 Å². The Morgan fingerprint density at radius 1 is 1.33 bits per heavy atom. The molecule has 0 aromatic heterocycles. The molecule has 18 heavy (non-hydrogen) atoms. The molecule has 3 N–H and O–H groups in total. The van der Waals surface area contributed by atoms with Gasteiger partial charge in [0.15, 0.2) is 0 Å². The molecule has 0 saturated carbocycles. The molecule has 5 heteroatoms. The lowest BCUT2D eigenvalue weighted by Gasteiger charge is -2.16. The van der Waals surface area contributed by atoms with E-state index in [1.54, 1.807) is 38.1 Å². The third-order valence-corrected chi connectivity index (χ3v) is 2.44. The van der Waals surface area contributed by atoms with Crippen molar-refractivity contribution in [1.29, 1.82) is 0 Å². The summed E-state index contributed by atoms with van der Waals surface area (Å²) >= 11 is 0. The number of hydrogen-bond donors (Lipinski definition) is 2. The van der Waals surface area contributed by atoms with Crippen LogP contribution in [0.15, 0.2) is 30.3 Å². The largest absolute Gasteiger partial charge is 0.464 e. The number of benzene rings is 1. The minimum atomic E-state index is -0.789. The van der Waals surface area contributed by atoms with Crippen LogP contribution in [0.3, 0.4) is 0 Å². The zero-order valence-electron chi connectivity index (χ0n) is 10.6. The van der Waals surface area contributed by atoms with E-state index in [4.69, 9.17) is 10.5 Å². The maximum Gasteiger partial charge on any atom is 0.328 e. The first-order chi connectivity index (χ1) is 8.56. The second kappa shape index (κ2) is 6.76. The van der Waals surface area contributed by atoms with Gasteiger partial charge in [0.1, 0.15) is 12.1 Å². The van der Waals surface area contributed by atoms with Crippen molar-refractivity contribution in [2.45, 2.75) is 25.9 Å². The average molecular weight is 250 g/mol. The monoisotopic (exact) mass is 250 g/mol. The van der Waals surface area contributed by atoms with Gasteiger partial charge in [-0.1, -0.05) is 30.3 Å². The van der Waals surface area contributed by atoms with Crippen molar-refractivity contribution >= 4 is 11.9 Å². The molecule has 1 aromatic rings. The third kappa shape index (κ3) is 3.85. The highest BCUT2D eigenvalue weighted by Crippen LogP contribution is 2.09. The molecule has 2 atom stereocenters. The van der Waals surface area contributed by atoms with Crippen LogP contribution in [0.2, 0.25) is 0 Å². The topological polar surface area (TPSA) is 81.4 Å². The SMILES string of the molecule is CCOC(=O)C(C)NC(=O)[C@@H](N)c1ccccc1. The summed E-state index contributed by atoms with van der Waals surface area (Å²) < 4.78 is 4.80. The van der Waals surface area contributed by atoms with Crippen molar-refractivity contribution in [2.75, 3.05) is 6.61 Å². The minimum absolute atomic E-state index is 0.282. The quantitative estimate of drug-likeness (QED) is 0.756. The Morgan fingerprint density at radius 2 is 1.94 bits per heavy atom. The maximum absolute atomic E-state index is 11.8. The highest BCUT2D eigenvalue weighted by molar-refractivity contribution is 5.87. The standard InChI is InChI=1S/C13H18N2O3/c1-3-18-13(17)9(2)15-12(16)11(14)10-7-5-4-6-8-10/h4-9,11H,3,14H2,1-2H3,(H,15,16)/t9?,11-/m0/s1. The zero-order valence-corrected chi connectivity index (χ0v) is 10.6. The Balaban J connectivity index is 2.58. The average Bonchev–Trinajstić information content (AvgIpc) is 2.39. The molecule has 0 bridgehead atoms. The second-order valence-corrected chi connectivity index (χ2v) is 3.87. The van der Waals surface area contributed by atoms with Crippen LogP contribution in [0.5, 0.6) is 0 Å². The first-order valence-electron chi connectivity index (χ1n) is 5.83. The van der Waals surface area contributed by atoms with Crippen molar-refractivity contribution in [2.24, 2.45) is 5.73 Å². The summed E-state index contributed by atoms with van der Waals surface area (Å²) in [5.41, 5.74) is 6.50. The predicted octanol–water partition coefficient (Wildman–Crippen LogP) is 0.754. The van der Waals surface area contributed by atoms with Crippen LogP contribution in [0.4, 0.5) is 0 Å². The Kier molecular flexibility index (Phi) is 5.32.